The number of ether oxygens (including phenoxy) is 1. The van der Waals surface area contributed by atoms with Crippen molar-refractivity contribution in [3.8, 4) is 0 Å². The van der Waals surface area contributed by atoms with Gasteiger partial charge in [-0.3, -0.25) is 0 Å². The highest BCUT2D eigenvalue weighted by atomic mass is 16.5. The number of rotatable bonds is 6. The van der Waals surface area contributed by atoms with Gasteiger partial charge < -0.3 is 10.1 Å². The van der Waals surface area contributed by atoms with Crippen LogP contribution >= 0.6 is 0 Å². The Bertz CT molecular complexity index is 410. The van der Waals surface area contributed by atoms with Crippen molar-refractivity contribution in [3.63, 3.8) is 0 Å². The second kappa shape index (κ2) is 7.80. The molecular weight excluding hydrogens is 246 g/mol. The molecule has 1 saturated heterocycles. The highest BCUT2D eigenvalue weighted by Gasteiger charge is 2.19. The molecular formula is C18H29NO. The highest BCUT2D eigenvalue weighted by Crippen LogP contribution is 2.19. The fraction of sp³-hybridized carbons (Fsp3) is 0.667. The molecule has 2 heteroatoms. The third-order valence-corrected chi connectivity index (χ3v) is 4.37. The summed E-state index contributed by atoms with van der Waals surface area (Å²) in [5.74, 6) is 0. The normalized spacial score (nSPS) is 20.9. The first-order chi connectivity index (χ1) is 9.69. The predicted octanol–water partition coefficient (Wildman–Crippen LogP) is 3.78. The Morgan fingerprint density at radius 2 is 2.10 bits per heavy atom. The van der Waals surface area contributed by atoms with Crippen molar-refractivity contribution in [1.82, 2.24) is 5.32 Å². The lowest BCUT2D eigenvalue weighted by molar-refractivity contribution is 0.00535. The van der Waals surface area contributed by atoms with Crippen LogP contribution in [0.3, 0.4) is 0 Å². The van der Waals surface area contributed by atoms with E-state index < -0.39 is 0 Å². The van der Waals surface area contributed by atoms with Crippen molar-refractivity contribution in [1.29, 1.82) is 0 Å². The molecule has 0 bridgehead atoms. The summed E-state index contributed by atoms with van der Waals surface area (Å²) in [5.41, 5.74) is 4.21. The van der Waals surface area contributed by atoms with Gasteiger partial charge >= 0.3 is 0 Å². The van der Waals surface area contributed by atoms with Gasteiger partial charge in [-0.05, 0) is 69.2 Å². The molecule has 0 radical (unpaired) electrons. The largest absolute Gasteiger partial charge is 0.378 e. The molecule has 112 valence electrons. The first-order valence-electron chi connectivity index (χ1n) is 8.10. The molecule has 1 N–H and O–H groups in total. The number of benzene rings is 1. The van der Waals surface area contributed by atoms with E-state index in [4.69, 9.17) is 4.74 Å². The van der Waals surface area contributed by atoms with Gasteiger partial charge in [-0.2, -0.15) is 0 Å². The monoisotopic (exact) mass is 275 g/mol. The van der Waals surface area contributed by atoms with E-state index >= 15 is 0 Å². The minimum Gasteiger partial charge on any atom is -0.378 e. The first-order valence-corrected chi connectivity index (χ1v) is 8.10. The van der Waals surface area contributed by atoms with E-state index in [1.54, 1.807) is 0 Å². The third-order valence-electron chi connectivity index (χ3n) is 4.37. The molecule has 0 aromatic heterocycles. The number of aryl methyl sites for hydroxylation is 2. The van der Waals surface area contributed by atoms with Crippen LogP contribution in [0.2, 0.25) is 0 Å². The van der Waals surface area contributed by atoms with Gasteiger partial charge in [0.15, 0.2) is 0 Å². The third kappa shape index (κ3) is 4.60. The highest BCUT2D eigenvalue weighted by molar-refractivity contribution is 5.30. The van der Waals surface area contributed by atoms with E-state index in [-0.39, 0.29) is 0 Å². The van der Waals surface area contributed by atoms with Crippen LogP contribution < -0.4 is 5.32 Å². The Kier molecular flexibility index (Phi) is 6.06. The van der Waals surface area contributed by atoms with Crippen molar-refractivity contribution in [2.45, 2.75) is 65.0 Å². The van der Waals surface area contributed by atoms with Crippen LogP contribution in [0.5, 0.6) is 0 Å². The quantitative estimate of drug-likeness (QED) is 0.853. The van der Waals surface area contributed by atoms with Gasteiger partial charge in [-0.15, -0.1) is 0 Å². The average molecular weight is 275 g/mol. The van der Waals surface area contributed by atoms with Crippen molar-refractivity contribution < 1.29 is 4.74 Å². The molecule has 0 amide bonds. The molecule has 1 fully saturated rings. The van der Waals surface area contributed by atoms with Gasteiger partial charge in [0, 0.05) is 12.6 Å². The van der Waals surface area contributed by atoms with E-state index in [0.29, 0.717) is 12.1 Å². The first kappa shape index (κ1) is 15.5. The van der Waals surface area contributed by atoms with Gasteiger partial charge in [0.05, 0.1) is 6.10 Å². The number of likely N-dealkylation sites (N-methyl/N-ethyl adjacent to an activating group) is 1. The lowest BCUT2D eigenvalue weighted by Crippen LogP contribution is -2.36. The molecule has 0 aliphatic carbocycles. The second-order valence-corrected chi connectivity index (χ2v) is 6.10. The molecule has 1 aliphatic rings. The van der Waals surface area contributed by atoms with Crippen LogP contribution in [0.15, 0.2) is 18.2 Å². The van der Waals surface area contributed by atoms with E-state index in [1.165, 1.54) is 36.0 Å². The topological polar surface area (TPSA) is 21.3 Å². The summed E-state index contributed by atoms with van der Waals surface area (Å²) in [4.78, 5) is 0. The maximum Gasteiger partial charge on any atom is 0.0590 e. The Labute approximate surface area is 123 Å². The van der Waals surface area contributed by atoms with Crippen molar-refractivity contribution in [2.75, 3.05) is 13.2 Å². The van der Waals surface area contributed by atoms with Crippen LogP contribution in [0, 0.1) is 13.8 Å². The Balaban J connectivity index is 1.94. The molecule has 0 spiro atoms. The summed E-state index contributed by atoms with van der Waals surface area (Å²) in [6, 6.07) is 7.38. The molecule has 1 aromatic rings. The van der Waals surface area contributed by atoms with Crippen LogP contribution in [-0.4, -0.2) is 25.3 Å². The molecule has 1 aromatic carbocycles. The van der Waals surface area contributed by atoms with Crippen LogP contribution in [0.4, 0.5) is 0 Å². The smallest absolute Gasteiger partial charge is 0.0590 e. The molecule has 2 unspecified atom stereocenters. The Morgan fingerprint density at radius 3 is 2.75 bits per heavy atom. The van der Waals surface area contributed by atoms with Crippen LogP contribution in [0.1, 0.15) is 49.3 Å². The maximum atomic E-state index is 5.90. The summed E-state index contributed by atoms with van der Waals surface area (Å²) in [5, 5.41) is 3.63. The molecule has 0 saturated carbocycles. The molecule has 1 aliphatic heterocycles. The lowest BCUT2D eigenvalue weighted by Gasteiger charge is -2.27. The van der Waals surface area contributed by atoms with Crippen molar-refractivity contribution >= 4 is 0 Å². The minimum absolute atomic E-state index is 0.458. The SMILES string of the molecule is CCNC(Cc1ccc(C)c(C)c1)CC1CCCCO1. The summed E-state index contributed by atoms with van der Waals surface area (Å²) in [7, 11) is 0. The van der Waals surface area contributed by atoms with Gasteiger partial charge in [-0.1, -0.05) is 25.1 Å². The van der Waals surface area contributed by atoms with Gasteiger partial charge in [0.2, 0.25) is 0 Å². The standard InChI is InChI=1S/C18H29NO/c1-4-19-17(13-18-7-5-6-10-20-18)12-16-9-8-14(2)15(3)11-16/h8-9,11,17-19H,4-7,10,12-13H2,1-3H3. The molecule has 1 heterocycles. The summed E-state index contributed by atoms with van der Waals surface area (Å²) in [6.45, 7) is 8.55. The zero-order valence-electron chi connectivity index (χ0n) is 13.2. The van der Waals surface area contributed by atoms with E-state index in [9.17, 15) is 0 Å². The van der Waals surface area contributed by atoms with Crippen LogP contribution in [-0.2, 0) is 11.2 Å². The van der Waals surface area contributed by atoms with Crippen molar-refractivity contribution in [2.24, 2.45) is 0 Å². The number of hydrogen-bond donors (Lipinski definition) is 1. The van der Waals surface area contributed by atoms with Gasteiger partial charge in [0.1, 0.15) is 0 Å². The Hall–Kier alpha value is -0.860. The fourth-order valence-corrected chi connectivity index (χ4v) is 3.05. The van der Waals surface area contributed by atoms with E-state index in [2.05, 4.69) is 44.3 Å². The second-order valence-electron chi connectivity index (χ2n) is 6.10. The average Bonchev–Trinajstić information content (AvgIpc) is 2.44. The Morgan fingerprint density at radius 1 is 1.25 bits per heavy atom. The summed E-state index contributed by atoms with van der Waals surface area (Å²) < 4.78 is 5.90. The fourth-order valence-electron chi connectivity index (χ4n) is 3.05. The predicted molar refractivity (Wildman–Crippen MR) is 85.3 cm³/mol. The zero-order chi connectivity index (χ0) is 14.4. The molecule has 20 heavy (non-hydrogen) atoms. The molecule has 2 rings (SSSR count). The minimum atomic E-state index is 0.458. The molecule has 2 nitrogen and oxygen atoms in total. The van der Waals surface area contributed by atoms with Crippen molar-refractivity contribution in [3.05, 3.63) is 34.9 Å². The lowest BCUT2D eigenvalue weighted by atomic mass is 9.95. The summed E-state index contributed by atoms with van der Waals surface area (Å²) >= 11 is 0. The van der Waals surface area contributed by atoms with E-state index in [0.717, 1.165) is 26.0 Å². The summed E-state index contributed by atoms with van der Waals surface area (Å²) in [6.07, 6.45) is 6.50. The number of nitrogens with one attached hydrogen (secondary N) is 1. The zero-order valence-corrected chi connectivity index (χ0v) is 13.2. The van der Waals surface area contributed by atoms with Crippen LogP contribution in [0.25, 0.3) is 0 Å². The maximum absolute atomic E-state index is 5.90. The van der Waals surface area contributed by atoms with E-state index in [1.807, 2.05) is 0 Å². The number of hydrogen-bond acceptors (Lipinski definition) is 2. The molecule has 2 atom stereocenters. The van der Waals surface area contributed by atoms with Gasteiger partial charge in [-0.25, -0.2) is 0 Å². The van der Waals surface area contributed by atoms with Gasteiger partial charge in [0.25, 0.3) is 0 Å².